The summed E-state index contributed by atoms with van der Waals surface area (Å²) in [5.74, 6) is -0.229. The van der Waals surface area contributed by atoms with Crippen molar-refractivity contribution in [1.82, 2.24) is 0 Å². The zero-order valence-electron chi connectivity index (χ0n) is 10.9. The Balaban J connectivity index is -0.000000179. The van der Waals surface area contributed by atoms with Gasteiger partial charge < -0.3 is 19.4 Å². The summed E-state index contributed by atoms with van der Waals surface area (Å²) < 4.78 is 4.41. The Labute approximate surface area is 96.8 Å². The molecule has 1 N–H and O–H groups in total. The summed E-state index contributed by atoms with van der Waals surface area (Å²) in [7, 11) is 0. The van der Waals surface area contributed by atoms with Crippen LogP contribution in [0.4, 0.5) is 0 Å². The molecule has 0 aromatic heterocycles. The molecule has 16 heavy (non-hydrogen) atoms. The Morgan fingerprint density at radius 2 is 1.31 bits per heavy atom. The van der Waals surface area contributed by atoms with Crippen molar-refractivity contribution in [3.8, 4) is 0 Å². The van der Waals surface area contributed by atoms with E-state index >= 15 is 0 Å². The zero-order valence-corrected chi connectivity index (χ0v) is 10.9. The number of aliphatic hydroxyl groups excluding tert-OH is 1. The maximum Gasteiger partial charge on any atom is 0.334 e. The summed E-state index contributed by atoms with van der Waals surface area (Å²) in [6, 6.07) is 0. The summed E-state index contributed by atoms with van der Waals surface area (Å²) in [5.41, 5.74) is 0. The van der Waals surface area contributed by atoms with Crippen molar-refractivity contribution in [1.29, 1.82) is 0 Å². The van der Waals surface area contributed by atoms with E-state index < -0.39 is 12.1 Å². The molecule has 1 atom stereocenters. The van der Waals surface area contributed by atoms with Gasteiger partial charge in [-0.05, 0) is 41.5 Å². The molecule has 1 unspecified atom stereocenters. The van der Waals surface area contributed by atoms with E-state index in [-0.39, 0.29) is 11.6 Å². The number of hydrogen-bond acceptors (Lipinski definition) is 5. The van der Waals surface area contributed by atoms with E-state index in [1.807, 2.05) is 0 Å². The molecule has 0 heterocycles. The highest BCUT2D eigenvalue weighted by molar-refractivity contribution is 5.73. The minimum atomic E-state index is -0.991. The second-order valence-corrected chi connectivity index (χ2v) is 3.24. The smallest absolute Gasteiger partial charge is 0.334 e. The first-order valence-electron chi connectivity index (χ1n) is 4.94. The van der Waals surface area contributed by atoms with Crippen LogP contribution in [0.15, 0.2) is 0 Å². The largest absolute Gasteiger partial charge is 0.464 e. The van der Waals surface area contributed by atoms with Crippen LogP contribution in [0.2, 0.25) is 0 Å². The highest BCUT2D eigenvalue weighted by Gasteiger charge is 2.07. The number of carbonyl (C=O) groups excluding carboxylic acids is 3. The molecule has 0 rings (SSSR count). The molecule has 0 aliphatic rings. The third-order valence-electron chi connectivity index (χ3n) is 0.628. The maximum atomic E-state index is 10.3. The average Bonchev–Trinajstić information content (AvgIpc) is 2.02. The quantitative estimate of drug-likeness (QED) is 0.724. The van der Waals surface area contributed by atoms with E-state index in [0.717, 1.165) is 0 Å². The Morgan fingerprint density at radius 1 is 1.06 bits per heavy atom. The Hall–Kier alpha value is -1.23. The van der Waals surface area contributed by atoms with Gasteiger partial charge in [-0.15, -0.1) is 0 Å². The van der Waals surface area contributed by atoms with Gasteiger partial charge in [0, 0.05) is 0 Å². The second-order valence-electron chi connectivity index (χ2n) is 3.24. The molecule has 0 amide bonds. The number of hydrogen-bond donors (Lipinski definition) is 1. The number of aliphatic hydroxyl groups is 1. The van der Waals surface area contributed by atoms with Crippen LogP contribution in [0, 0.1) is 0 Å². The number of ether oxygens (including phenoxy) is 1. The van der Waals surface area contributed by atoms with Crippen LogP contribution in [-0.2, 0) is 19.1 Å². The highest BCUT2D eigenvalue weighted by atomic mass is 16.5. The van der Waals surface area contributed by atoms with Gasteiger partial charge in [0.25, 0.3) is 0 Å². The summed E-state index contributed by atoms with van der Waals surface area (Å²) in [5, 5.41) is 8.48. The van der Waals surface area contributed by atoms with Gasteiger partial charge in [0.2, 0.25) is 0 Å². The number of Topliss-reactive ketones (excluding diaryl/α,β-unsaturated/α-hetero) is 2. The van der Waals surface area contributed by atoms with E-state index in [1.165, 1.54) is 34.6 Å². The molecule has 0 saturated heterocycles. The molecule has 0 spiro atoms. The number of carbonyl (C=O) groups is 3. The van der Waals surface area contributed by atoms with Crippen molar-refractivity contribution in [2.75, 3.05) is 6.61 Å². The molecule has 0 aliphatic carbocycles. The lowest BCUT2D eigenvalue weighted by atomic mass is 10.4. The fourth-order valence-corrected chi connectivity index (χ4v) is 0.263. The number of rotatable bonds is 2. The Morgan fingerprint density at radius 3 is 1.38 bits per heavy atom. The van der Waals surface area contributed by atoms with Crippen molar-refractivity contribution < 1.29 is 24.2 Å². The van der Waals surface area contributed by atoms with Gasteiger partial charge in [-0.2, -0.15) is 0 Å². The molecule has 5 nitrogen and oxygen atoms in total. The average molecular weight is 234 g/mol. The third kappa shape index (κ3) is 53.1. The van der Waals surface area contributed by atoms with Gasteiger partial charge in [0.05, 0.1) is 6.61 Å². The monoisotopic (exact) mass is 234 g/mol. The standard InChI is InChI=1S/C5H10O3.2C3H6O/c1-3-8-5(7)4(2)6;2*1-3(2)4/h4,6H,3H2,1-2H3;2*1-2H3. The SMILES string of the molecule is CC(C)=O.CC(C)=O.CCOC(=O)C(C)O. The van der Waals surface area contributed by atoms with Crippen LogP contribution < -0.4 is 0 Å². The predicted molar refractivity (Wildman–Crippen MR) is 61.0 cm³/mol. The molecular weight excluding hydrogens is 212 g/mol. The maximum absolute atomic E-state index is 10.3. The highest BCUT2D eigenvalue weighted by Crippen LogP contribution is 1.84. The van der Waals surface area contributed by atoms with Crippen LogP contribution in [0.3, 0.4) is 0 Å². The zero-order chi connectivity index (χ0) is 13.7. The summed E-state index contributed by atoms with van der Waals surface area (Å²) in [6.45, 7) is 9.50. The van der Waals surface area contributed by atoms with E-state index in [1.54, 1.807) is 6.92 Å². The molecule has 5 heteroatoms. The van der Waals surface area contributed by atoms with E-state index in [9.17, 15) is 14.4 Å². The van der Waals surface area contributed by atoms with Crippen LogP contribution in [0.5, 0.6) is 0 Å². The van der Waals surface area contributed by atoms with Crippen molar-refractivity contribution >= 4 is 17.5 Å². The molecule has 0 aromatic carbocycles. The van der Waals surface area contributed by atoms with Gasteiger partial charge in [-0.1, -0.05) is 0 Å². The molecule has 0 aliphatic heterocycles. The first kappa shape index (κ1) is 20.2. The van der Waals surface area contributed by atoms with E-state index in [0.29, 0.717) is 6.61 Å². The summed E-state index contributed by atoms with van der Waals surface area (Å²) >= 11 is 0. The molecule has 0 radical (unpaired) electrons. The van der Waals surface area contributed by atoms with Gasteiger partial charge in [-0.3, -0.25) is 0 Å². The number of esters is 1. The summed E-state index contributed by atoms with van der Waals surface area (Å²) in [4.78, 5) is 29.2. The third-order valence-corrected chi connectivity index (χ3v) is 0.628. The molecule has 96 valence electrons. The lowest BCUT2D eigenvalue weighted by molar-refractivity contribution is -0.151. The topological polar surface area (TPSA) is 80.7 Å². The van der Waals surface area contributed by atoms with Crippen molar-refractivity contribution in [3.05, 3.63) is 0 Å². The van der Waals surface area contributed by atoms with Crippen LogP contribution in [-0.4, -0.2) is 35.4 Å². The van der Waals surface area contributed by atoms with Gasteiger partial charge in [0.1, 0.15) is 17.7 Å². The van der Waals surface area contributed by atoms with Crippen molar-refractivity contribution in [3.63, 3.8) is 0 Å². The van der Waals surface area contributed by atoms with E-state index in [4.69, 9.17) is 5.11 Å². The van der Waals surface area contributed by atoms with Crippen LogP contribution in [0.25, 0.3) is 0 Å². The van der Waals surface area contributed by atoms with Gasteiger partial charge in [0.15, 0.2) is 0 Å². The number of ketones is 2. The lowest BCUT2D eigenvalue weighted by Crippen LogP contribution is -2.18. The van der Waals surface area contributed by atoms with Gasteiger partial charge in [-0.25, -0.2) is 4.79 Å². The fourth-order valence-electron chi connectivity index (χ4n) is 0.263. The Bertz CT molecular complexity index is 188. The molecule has 0 fully saturated rings. The second kappa shape index (κ2) is 13.8. The van der Waals surface area contributed by atoms with Crippen LogP contribution >= 0.6 is 0 Å². The molecule has 0 bridgehead atoms. The molecular formula is C11H22O5. The first-order valence-corrected chi connectivity index (χ1v) is 4.94. The molecule has 0 saturated carbocycles. The normalized spacial score (nSPS) is 9.69. The Kier molecular flexibility index (Phi) is 17.4. The van der Waals surface area contributed by atoms with E-state index in [2.05, 4.69) is 4.74 Å². The fraction of sp³-hybridized carbons (Fsp3) is 0.727. The van der Waals surface area contributed by atoms with Crippen LogP contribution in [0.1, 0.15) is 41.5 Å². The van der Waals surface area contributed by atoms with Gasteiger partial charge >= 0.3 is 5.97 Å². The van der Waals surface area contributed by atoms with Crippen molar-refractivity contribution in [2.24, 2.45) is 0 Å². The lowest BCUT2D eigenvalue weighted by Gasteiger charge is -2.01. The van der Waals surface area contributed by atoms with Crippen molar-refractivity contribution in [2.45, 2.75) is 47.6 Å². The molecule has 0 aromatic rings. The minimum Gasteiger partial charge on any atom is -0.464 e. The summed E-state index contributed by atoms with van der Waals surface area (Å²) in [6.07, 6.45) is -0.991. The minimum absolute atomic E-state index is 0.167. The predicted octanol–water partition coefficient (Wildman–Crippen LogP) is 1.12. The first-order chi connectivity index (χ1) is 7.14.